The Hall–Kier alpha value is -1.64. The molecule has 0 heterocycles. The number of amides is 1. The van der Waals surface area contributed by atoms with E-state index < -0.39 is 5.91 Å². The first-order valence-electron chi connectivity index (χ1n) is 4.37. The number of ketones is 1. The fourth-order valence-corrected chi connectivity index (χ4v) is 0.886. The van der Waals surface area contributed by atoms with Crippen LogP contribution in [0.2, 0.25) is 0 Å². The smallest absolute Gasteiger partial charge is 0.261 e. The molecule has 0 aliphatic rings. The van der Waals surface area contributed by atoms with Gasteiger partial charge in [-0.3, -0.25) is 9.59 Å². The number of likely N-dealkylation sites (N-methyl/N-ethyl adjacent to an activating group) is 1. The largest absolute Gasteiger partial charge is 0.316 e. The summed E-state index contributed by atoms with van der Waals surface area (Å²) in [6, 6.07) is 0. The van der Waals surface area contributed by atoms with Crippen molar-refractivity contribution in [1.29, 1.82) is 0 Å². The van der Waals surface area contributed by atoms with Gasteiger partial charge in [0.1, 0.15) is 0 Å². The fraction of sp³-hybridized carbons (Fsp3) is 0.273. The van der Waals surface area contributed by atoms with Crippen molar-refractivity contribution in [2.45, 2.75) is 13.8 Å². The Morgan fingerprint density at radius 1 is 1.43 bits per heavy atom. The van der Waals surface area contributed by atoms with Crippen molar-refractivity contribution >= 4 is 11.7 Å². The minimum Gasteiger partial charge on any atom is -0.316 e. The lowest BCUT2D eigenvalue weighted by molar-refractivity contribution is -0.126. The zero-order valence-electron chi connectivity index (χ0n) is 8.62. The Labute approximate surface area is 84.4 Å². The highest BCUT2D eigenvalue weighted by atomic mass is 16.2. The zero-order valence-corrected chi connectivity index (χ0v) is 8.62. The van der Waals surface area contributed by atoms with Gasteiger partial charge in [0.05, 0.1) is 5.57 Å². The molecule has 0 N–H and O–H groups in total. The summed E-state index contributed by atoms with van der Waals surface area (Å²) >= 11 is 0. The maximum atomic E-state index is 11.5. The van der Waals surface area contributed by atoms with Gasteiger partial charge in [0, 0.05) is 6.54 Å². The molecule has 76 valence electrons. The standard InChI is InChI=1S/C11H15NO2/c1-5-8-10(13)9(4)11(14)12(6-2)7-3/h5-6,8H,2,4,7H2,1,3H3/b8-5+. The van der Waals surface area contributed by atoms with Gasteiger partial charge < -0.3 is 4.90 Å². The fourth-order valence-electron chi connectivity index (χ4n) is 0.886. The highest BCUT2D eigenvalue weighted by Crippen LogP contribution is 2.02. The molecule has 0 bridgehead atoms. The van der Waals surface area contributed by atoms with Gasteiger partial charge in [-0.25, -0.2) is 0 Å². The molecule has 3 heteroatoms. The third-order valence-electron chi connectivity index (χ3n) is 1.70. The van der Waals surface area contributed by atoms with Crippen LogP contribution in [0.5, 0.6) is 0 Å². The van der Waals surface area contributed by atoms with Crippen LogP contribution in [0.3, 0.4) is 0 Å². The van der Waals surface area contributed by atoms with Crippen LogP contribution in [0.4, 0.5) is 0 Å². The molecular formula is C11H15NO2. The molecule has 0 atom stereocenters. The first-order chi connectivity index (χ1) is 6.58. The molecule has 1 amide bonds. The number of carbonyl (C=O) groups is 2. The molecule has 3 nitrogen and oxygen atoms in total. The lowest BCUT2D eigenvalue weighted by atomic mass is 10.1. The summed E-state index contributed by atoms with van der Waals surface area (Å²) < 4.78 is 0. The van der Waals surface area contributed by atoms with E-state index >= 15 is 0 Å². The number of rotatable bonds is 5. The summed E-state index contributed by atoms with van der Waals surface area (Å²) in [7, 11) is 0. The summed E-state index contributed by atoms with van der Waals surface area (Å²) in [5.41, 5.74) is -0.0372. The van der Waals surface area contributed by atoms with E-state index in [1.165, 1.54) is 17.2 Å². The Morgan fingerprint density at radius 3 is 2.36 bits per heavy atom. The van der Waals surface area contributed by atoms with Gasteiger partial charge in [-0.05, 0) is 26.1 Å². The predicted molar refractivity (Wildman–Crippen MR) is 56.5 cm³/mol. The van der Waals surface area contributed by atoms with Gasteiger partial charge in [0.15, 0.2) is 5.78 Å². The van der Waals surface area contributed by atoms with Gasteiger partial charge >= 0.3 is 0 Å². The van der Waals surface area contributed by atoms with E-state index in [0.717, 1.165) is 0 Å². The first-order valence-corrected chi connectivity index (χ1v) is 4.37. The van der Waals surface area contributed by atoms with E-state index in [2.05, 4.69) is 13.2 Å². The monoisotopic (exact) mass is 193 g/mol. The SMILES string of the molecule is C=CN(CC)C(=O)C(=C)C(=O)/C=C/C. The van der Waals surface area contributed by atoms with Gasteiger partial charge in [0.25, 0.3) is 5.91 Å². The summed E-state index contributed by atoms with van der Waals surface area (Å²) in [5, 5.41) is 0. The zero-order chi connectivity index (χ0) is 11.1. The van der Waals surface area contributed by atoms with Gasteiger partial charge in [-0.15, -0.1) is 0 Å². The number of carbonyl (C=O) groups excluding carboxylic acids is 2. The highest BCUT2D eigenvalue weighted by molar-refractivity contribution is 6.22. The molecule has 0 saturated heterocycles. The molecule has 0 aliphatic heterocycles. The first kappa shape index (κ1) is 12.4. The number of hydrogen-bond acceptors (Lipinski definition) is 2. The molecule has 0 radical (unpaired) electrons. The Balaban J connectivity index is 4.61. The molecule has 0 aromatic rings. The quantitative estimate of drug-likeness (QED) is 0.378. The van der Waals surface area contributed by atoms with Crippen LogP contribution in [0.25, 0.3) is 0 Å². The van der Waals surface area contributed by atoms with Gasteiger partial charge in [-0.1, -0.05) is 19.2 Å². The van der Waals surface area contributed by atoms with E-state index in [4.69, 9.17) is 0 Å². The maximum Gasteiger partial charge on any atom is 0.261 e. The molecule has 0 fully saturated rings. The molecule has 0 aromatic carbocycles. The third-order valence-corrected chi connectivity index (χ3v) is 1.70. The Morgan fingerprint density at radius 2 is 2.00 bits per heavy atom. The van der Waals surface area contributed by atoms with Crippen molar-refractivity contribution in [2.75, 3.05) is 6.54 Å². The number of nitrogens with zero attached hydrogens (tertiary/aromatic N) is 1. The van der Waals surface area contributed by atoms with E-state index in [1.54, 1.807) is 19.9 Å². The van der Waals surface area contributed by atoms with Crippen LogP contribution in [0, 0.1) is 0 Å². The van der Waals surface area contributed by atoms with E-state index in [-0.39, 0.29) is 11.4 Å². The lowest BCUT2D eigenvalue weighted by Crippen LogP contribution is -2.28. The van der Waals surface area contributed by atoms with Crippen molar-refractivity contribution < 1.29 is 9.59 Å². The van der Waals surface area contributed by atoms with Crippen LogP contribution >= 0.6 is 0 Å². The molecule has 0 saturated carbocycles. The van der Waals surface area contributed by atoms with Gasteiger partial charge in [0.2, 0.25) is 0 Å². The second-order valence-electron chi connectivity index (χ2n) is 2.62. The van der Waals surface area contributed by atoms with Crippen LogP contribution < -0.4 is 0 Å². The van der Waals surface area contributed by atoms with Crippen molar-refractivity contribution in [1.82, 2.24) is 4.90 Å². The number of allylic oxidation sites excluding steroid dienone is 2. The van der Waals surface area contributed by atoms with Crippen molar-refractivity contribution in [3.05, 3.63) is 37.1 Å². The van der Waals surface area contributed by atoms with Crippen LogP contribution in [-0.4, -0.2) is 23.1 Å². The summed E-state index contributed by atoms with van der Waals surface area (Å²) in [6.45, 7) is 10.9. The minimum atomic E-state index is -0.398. The summed E-state index contributed by atoms with van der Waals surface area (Å²) in [5.74, 6) is -0.761. The third kappa shape index (κ3) is 3.01. The minimum absolute atomic E-state index is 0.0372. The topological polar surface area (TPSA) is 37.4 Å². The Bertz CT molecular complexity index is 290. The van der Waals surface area contributed by atoms with Crippen LogP contribution in [0.15, 0.2) is 37.1 Å². The lowest BCUT2D eigenvalue weighted by Gasteiger charge is -2.15. The highest BCUT2D eigenvalue weighted by Gasteiger charge is 2.16. The second-order valence-corrected chi connectivity index (χ2v) is 2.62. The Kier molecular flexibility index (Phi) is 5.22. The maximum absolute atomic E-state index is 11.5. The molecule has 0 unspecified atom stereocenters. The van der Waals surface area contributed by atoms with Crippen molar-refractivity contribution in [3.63, 3.8) is 0 Å². The van der Waals surface area contributed by atoms with Crippen LogP contribution in [-0.2, 0) is 9.59 Å². The van der Waals surface area contributed by atoms with E-state index in [1.807, 2.05) is 0 Å². The molecule has 0 aliphatic carbocycles. The van der Waals surface area contributed by atoms with Crippen molar-refractivity contribution in [3.8, 4) is 0 Å². The summed E-state index contributed by atoms with van der Waals surface area (Å²) in [6.07, 6.45) is 4.28. The van der Waals surface area contributed by atoms with E-state index in [9.17, 15) is 9.59 Å². The molecule has 0 aromatic heterocycles. The average Bonchev–Trinajstić information content (AvgIpc) is 2.18. The number of hydrogen-bond donors (Lipinski definition) is 0. The molecule has 14 heavy (non-hydrogen) atoms. The summed E-state index contributed by atoms with van der Waals surface area (Å²) in [4.78, 5) is 24.1. The second kappa shape index (κ2) is 5.91. The van der Waals surface area contributed by atoms with Crippen LogP contribution in [0.1, 0.15) is 13.8 Å². The van der Waals surface area contributed by atoms with E-state index in [0.29, 0.717) is 6.54 Å². The molecule has 0 spiro atoms. The normalized spacial score (nSPS) is 9.86. The molecule has 0 rings (SSSR count). The van der Waals surface area contributed by atoms with Gasteiger partial charge in [-0.2, -0.15) is 0 Å². The molecular weight excluding hydrogens is 178 g/mol. The predicted octanol–water partition coefficient (Wildman–Crippen LogP) is 1.68. The van der Waals surface area contributed by atoms with Crippen molar-refractivity contribution in [2.24, 2.45) is 0 Å². The average molecular weight is 193 g/mol.